The van der Waals surface area contributed by atoms with Crippen LogP contribution in [0.15, 0.2) is 18.2 Å². The van der Waals surface area contributed by atoms with Crippen LogP contribution in [0.2, 0.25) is 0 Å². The van der Waals surface area contributed by atoms with Crippen LogP contribution in [0.5, 0.6) is 11.5 Å². The molecule has 0 radical (unpaired) electrons. The van der Waals surface area contributed by atoms with Gasteiger partial charge in [-0.1, -0.05) is 25.3 Å². The minimum atomic E-state index is -0.100. The lowest BCUT2D eigenvalue weighted by molar-refractivity contribution is -0.129. The number of carbonyl (C=O) groups excluding carboxylic acids is 2. The van der Waals surface area contributed by atoms with Gasteiger partial charge in [0.15, 0.2) is 0 Å². The Kier molecular flexibility index (Phi) is 9.26. The zero-order valence-electron chi connectivity index (χ0n) is 21.5. The lowest BCUT2D eigenvalue weighted by atomic mass is 9.95. The summed E-state index contributed by atoms with van der Waals surface area (Å²) in [5, 5.41) is 3.26. The van der Waals surface area contributed by atoms with Gasteiger partial charge in [-0.25, -0.2) is 0 Å². The first-order valence-corrected chi connectivity index (χ1v) is 13.4. The Morgan fingerprint density at radius 2 is 1.54 bits per heavy atom. The Balaban J connectivity index is 1.36. The molecular weight excluding hydrogens is 444 g/mol. The summed E-state index contributed by atoms with van der Waals surface area (Å²) in [6.07, 6.45) is 8.49. The molecule has 0 bridgehead atoms. The van der Waals surface area contributed by atoms with Gasteiger partial charge in [-0.05, 0) is 56.8 Å². The summed E-state index contributed by atoms with van der Waals surface area (Å²) in [5.74, 6) is 1.53. The predicted molar refractivity (Wildman–Crippen MR) is 136 cm³/mol. The number of hydrogen-bond acceptors (Lipinski definition) is 6. The molecule has 2 heterocycles. The average molecular weight is 487 g/mol. The van der Waals surface area contributed by atoms with Crippen molar-refractivity contribution in [3.63, 3.8) is 0 Å². The number of hydrogen-bond donors (Lipinski definition) is 1. The molecule has 1 N–H and O–H groups in total. The highest BCUT2D eigenvalue weighted by Gasteiger charge is 2.38. The second kappa shape index (κ2) is 12.6. The van der Waals surface area contributed by atoms with Gasteiger partial charge >= 0.3 is 0 Å². The smallest absolute Gasteiger partial charge is 0.261 e. The van der Waals surface area contributed by atoms with E-state index >= 15 is 0 Å². The largest absolute Gasteiger partial charge is 0.496 e. The number of nitrogens with zero attached hydrogens (tertiary/aromatic N) is 3. The molecule has 0 spiro atoms. The van der Waals surface area contributed by atoms with Crippen molar-refractivity contribution in [3.05, 3.63) is 23.8 Å². The molecule has 194 valence electrons. The van der Waals surface area contributed by atoms with Crippen molar-refractivity contribution >= 4 is 11.8 Å². The number of rotatable bonds is 9. The maximum Gasteiger partial charge on any atom is 0.261 e. The summed E-state index contributed by atoms with van der Waals surface area (Å²) in [5.41, 5.74) is 0.466. The molecule has 8 heteroatoms. The summed E-state index contributed by atoms with van der Waals surface area (Å²) in [6.45, 7) is 6.52. The van der Waals surface area contributed by atoms with Gasteiger partial charge < -0.3 is 24.6 Å². The molecule has 0 aromatic heterocycles. The third-order valence-corrected chi connectivity index (χ3v) is 7.93. The van der Waals surface area contributed by atoms with Crippen LogP contribution >= 0.6 is 0 Å². The van der Waals surface area contributed by atoms with Crippen LogP contribution in [-0.2, 0) is 4.79 Å². The van der Waals surface area contributed by atoms with Gasteiger partial charge in [0.05, 0.1) is 20.3 Å². The van der Waals surface area contributed by atoms with Crippen molar-refractivity contribution < 1.29 is 19.1 Å². The molecule has 1 aromatic carbocycles. The first kappa shape index (κ1) is 25.8. The van der Waals surface area contributed by atoms with Gasteiger partial charge in [-0.3, -0.25) is 14.5 Å². The summed E-state index contributed by atoms with van der Waals surface area (Å²) >= 11 is 0. The Bertz CT molecular complexity index is 821. The summed E-state index contributed by atoms with van der Waals surface area (Å²) in [6, 6.07) is 5.30. The Labute approximate surface area is 209 Å². The Morgan fingerprint density at radius 1 is 0.914 bits per heavy atom. The number of piperazine rings is 1. The summed E-state index contributed by atoms with van der Waals surface area (Å²) in [7, 11) is 3.14. The van der Waals surface area contributed by atoms with Crippen molar-refractivity contribution in [1.29, 1.82) is 0 Å². The highest BCUT2D eigenvalue weighted by Crippen LogP contribution is 2.32. The number of nitrogens with one attached hydrogen (secondary N) is 1. The molecule has 0 unspecified atom stereocenters. The molecule has 2 amide bonds. The van der Waals surface area contributed by atoms with Crippen LogP contribution in [0, 0.1) is 5.92 Å². The van der Waals surface area contributed by atoms with E-state index in [1.165, 1.54) is 32.1 Å². The molecule has 1 saturated carbocycles. The molecule has 35 heavy (non-hydrogen) atoms. The zero-order valence-corrected chi connectivity index (χ0v) is 21.5. The van der Waals surface area contributed by atoms with Crippen molar-refractivity contribution in [1.82, 2.24) is 20.0 Å². The fourth-order valence-corrected chi connectivity index (χ4v) is 6.00. The van der Waals surface area contributed by atoms with Crippen molar-refractivity contribution in [3.8, 4) is 11.5 Å². The number of ether oxygens (including phenoxy) is 2. The molecule has 1 atom stereocenters. The van der Waals surface area contributed by atoms with Crippen LogP contribution in [0.4, 0.5) is 0 Å². The van der Waals surface area contributed by atoms with E-state index in [-0.39, 0.29) is 17.9 Å². The van der Waals surface area contributed by atoms with Gasteiger partial charge in [0.2, 0.25) is 5.91 Å². The number of carbonyl (C=O) groups is 2. The third-order valence-electron chi connectivity index (χ3n) is 7.93. The van der Waals surface area contributed by atoms with E-state index < -0.39 is 0 Å². The van der Waals surface area contributed by atoms with Gasteiger partial charge in [-0.15, -0.1) is 0 Å². The van der Waals surface area contributed by atoms with Crippen LogP contribution < -0.4 is 14.8 Å². The van der Waals surface area contributed by atoms with E-state index in [9.17, 15) is 9.59 Å². The topological polar surface area (TPSA) is 74.3 Å². The highest BCUT2D eigenvalue weighted by atomic mass is 16.5. The molecular formula is C27H42N4O4. The molecule has 8 nitrogen and oxygen atoms in total. The molecule has 3 fully saturated rings. The fraction of sp³-hybridized carbons (Fsp3) is 0.704. The molecule has 1 aromatic rings. The summed E-state index contributed by atoms with van der Waals surface area (Å²) in [4.78, 5) is 33.4. The van der Waals surface area contributed by atoms with Gasteiger partial charge in [-0.2, -0.15) is 0 Å². The first-order valence-electron chi connectivity index (χ1n) is 13.4. The molecule has 3 aliphatic rings. The minimum absolute atomic E-state index is 0.0812. The second-order valence-corrected chi connectivity index (χ2v) is 10.0. The second-order valence-electron chi connectivity index (χ2n) is 10.0. The van der Waals surface area contributed by atoms with Gasteiger partial charge in [0.25, 0.3) is 5.91 Å². The van der Waals surface area contributed by atoms with Crippen LogP contribution in [-0.4, -0.2) is 99.1 Å². The standard InChI is InChI=1S/C27H42N4O4/c1-34-22-11-8-12-23(35-2)24(22)27(33)31-19-17-30(18-20-31)25(21-9-4-5-10-21)26(32)28-13-16-29-14-6-3-7-15-29/h8,11-12,21,25H,3-7,9-10,13-20H2,1-2H3,(H,28,32)/t25-/m0/s1. The highest BCUT2D eigenvalue weighted by molar-refractivity contribution is 5.99. The van der Waals surface area contributed by atoms with E-state index in [1.807, 2.05) is 11.0 Å². The van der Waals surface area contributed by atoms with Crippen LogP contribution in [0.3, 0.4) is 0 Å². The monoisotopic (exact) mass is 486 g/mol. The zero-order chi connectivity index (χ0) is 24.6. The Morgan fingerprint density at radius 3 is 2.14 bits per heavy atom. The third kappa shape index (κ3) is 6.28. The quantitative estimate of drug-likeness (QED) is 0.579. The Hall–Kier alpha value is -2.32. The lowest BCUT2D eigenvalue weighted by Crippen LogP contribution is -2.58. The predicted octanol–water partition coefficient (Wildman–Crippen LogP) is 2.62. The van der Waals surface area contributed by atoms with Crippen LogP contribution in [0.1, 0.15) is 55.3 Å². The number of methoxy groups -OCH3 is 2. The number of benzene rings is 1. The van der Waals surface area contributed by atoms with Crippen molar-refractivity contribution in [2.45, 2.75) is 51.0 Å². The number of amides is 2. The lowest BCUT2D eigenvalue weighted by Gasteiger charge is -2.41. The first-order chi connectivity index (χ1) is 17.1. The van der Waals surface area contributed by atoms with Gasteiger partial charge in [0.1, 0.15) is 17.1 Å². The number of piperidine rings is 1. The number of likely N-dealkylation sites (tertiary alicyclic amines) is 1. The molecule has 2 saturated heterocycles. The minimum Gasteiger partial charge on any atom is -0.496 e. The normalized spacial score (nSPS) is 21.0. The van der Waals surface area contributed by atoms with Crippen molar-refractivity contribution in [2.24, 2.45) is 5.92 Å². The molecule has 1 aliphatic carbocycles. The van der Waals surface area contributed by atoms with Crippen LogP contribution in [0.25, 0.3) is 0 Å². The summed E-state index contributed by atoms with van der Waals surface area (Å²) < 4.78 is 10.9. The molecule has 2 aliphatic heterocycles. The average Bonchev–Trinajstić information content (AvgIpc) is 3.43. The van der Waals surface area contributed by atoms with E-state index in [1.54, 1.807) is 26.4 Å². The molecule has 4 rings (SSSR count). The fourth-order valence-electron chi connectivity index (χ4n) is 6.00. The SMILES string of the molecule is COc1cccc(OC)c1C(=O)N1CCN([C@H](C(=O)NCCN2CCCCC2)C2CCCC2)CC1. The van der Waals surface area contributed by atoms with Crippen molar-refractivity contribution in [2.75, 3.05) is 66.6 Å². The van der Waals surface area contributed by atoms with E-state index in [2.05, 4.69) is 15.1 Å². The van der Waals surface area contributed by atoms with Gasteiger partial charge in [0, 0.05) is 39.3 Å². The van der Waals surface area contributed by atoms with E-state index in [0.717, 1.165) is 32.5 Å². The maximum atomic E-state index is 13.4. The van der Waals surface area contributed by atoms with E-state index in [0.29, 0.717) is 55.7 Å². The van der Waals surface area contributed by atoms with E-state index in [4.69, 9.17) is 9.47 Å². The maximum absolute atomic E-state index is 13.4.